The fraction of sp³-hybridized carbons (Fsp3) is 0.211. The summed E-state index contributed by atoms with van der Waals surface area (Å²) in [5.74, 6) is -0.271. The first-order valence-corrected chi connectivity index (χ1v) is 8.33. The zero-order valence-electron chi connectivity index (χ0n) is 13.7. The fourth-order valence-electron chi connectivity index (χ4n) is 2.98. The van der Waals surface area contributed by atoms with Gasteiger partial charge >= 0.3 is 0 Å². The molecule has 0 radical (unpaired) electrons. The van der Waals surface area contributed by atoms with Gasteiger partial charge in [0, 0.05) is 11.3 Å². The molecule has 3 rings (SSSR count). The molecular formula is C19H20FN3S. The monoisotopic (exact) mass is 341 g/mol. The van der Waals surface area contributed by atoms with Crippen LogP contribution in [-0.2, 0) is 6.42 Å². The minimum atomic E-state index is -0.271. The molecule has 0 saturated heterocycles. The number of allylic oxidation sites excluding steroid dienone is 1. The smallest absolute Gasteiger partial charge is 0.189 e. The summed E-state index contributed by atoms with van der Waals surface area (Å²) in [5.41, 5.74) is 13.1. The van der Waals surface area contributed by atoms with Gasteiger partial charge in [-0.05, 0) is 80.4 Å². The first-order valence-electron chi connectivity index (χ1n) is 7.92. The number of rotatable bonds is 3. The van der Waals surface area contributed by atoms with Crippen LogP contribution in [0.5, 0.6) is 0 Å². The normalized spacial score (nSPS) is 12.9. The van der Waals surface area contributed by atoms with Gasteiger partial charge in [0.1, 0.15) is 5.82 Å². The maximum absolute atomic E-state index is 12.9. The van der Waals surface area contributed by atoms with Crippen molar-refractivity contribution in [1.29, 1.82) is 0 Å². The van der Waals surface area contributed by atoms with Crippen LogP contribution < -0.4 is 16.2 Å². The lowest BCUT2D eigenvalue weighted by atomic mass is 9.90. The molecule has 1 aliphatic rings. The highest BCUT2D eigenvalue weighted by molar-refractivity contribution is 7.80. The van der Waals surface area contributed by atoms with Gasteiger partial charge in [0.25, 0.3) is 0 Å². The molecule has 0 saturated carbocycles. The van der Waals surface area contributed by atoms with Gasteiger partial charge in [0.15, 0.2) is 5.11 Å². The molecule has 0 unspecified atom stereocenters. The molecular weight excluding hydrogens is 321 g/mol. The van der Waals surface area contributed by atoms with E-state index in [1.54, 1.807) is 12.1 Å². The molecule has 0 aromatic heterocycles. The van der Waals surface area contributed by atoms with Crippen LogP contribution in [0.3, 0.4) is 0 Å². The van der Waals surface area contributed by atoms with Crippen molar-refractivity contribution in [2.24, 2.45) is 0 Å². The van der Waals surface area contributed by atoms with Crippen LogP contribution in [0.1, 0.15) is 28.7 Å². The molecule has 0 aliphatic heterocycles. The molecule has 3 nitrogen and oxygen atoms in total. The summed E-state index contributed by atoms with van der Waals surface area (Å²) in [6, 6.07) is 10.5. The number of halogens is 1. The minimum Gasteiger partial charge on any atom is -0.331 e. The van der Waals surface area contributed by atoms with E-state index in [2.05, 4.69) is 48.2 Å². The van der Waals surface area contributed by atoms with E-state index >= 15 is 0 Å². The average Bonchev–Trinajstić information content (AvgIpc) is 2.55. The van der Waals surface area contributed by atoms with E-state index in [1.807, 2.05) is 0 Å². The number of hydrogen-bond donors (Lipinski definition) is 3. The van der Waals surface area contributed by atoms with Gasteiger partial charge in [-0.25, -0.2) is 4.39 Å². The Kier molecular flexibility index (Phi) is 4.81. The minimum absolute atomic E-state index is 0.271. The molecule has 124 valence electrons. The Labute approximate surface area is 146 Å². The Hall–Kier alpha value is -2.40. The zero-order chi connectivity index (χ0) is 17.1. The van der Waals surface area contributed by atoms with Crippen LogP contribution in [-0.4, -0.2) is 5.11 Å². The van der Waals surface area contributed by atoms with E-state index in [1.165, 1.54) is 34.4 Å². The predicted molar refractivity (Wildman–Crippen MR) is 101 cm³/mol. The van der Waals surface area contributed by atoms with Gasteiger partial charge in [-0.15, -0.1) is 0 Å². The van der Waals surface area contributed by atoms with Crippen molar-refractivity contribution in [1.82, 2.24) is 10.9 Å². The molecule has 0 heterocycles. The zero-order valence-corrected chi connectivity index (χ0v) is 14.6. The highest BCUT2D eigenvalue weighted by Crippen LogP contribution is 2.28. The standard InChI is InChI=1S/C19H20FN3S/c1-12-10-13(2)16-4-3-5-18(17(16)11-12)22-23-19(24)21-15-8-6-14(20)7-9-15/h5-11,22H,3-4H2,1-2H3,(H2,21,23,24). The molecule has 0 atom stereocenters. The Balaban J connectivity index is 1.66. The lowest BCUT2D eigenvalue weighted by molar-refractivity contribution is 0.628. The molecule has 3 N–H and O–H groups in total. The number of hydrazine groups is 1. The second-order valence-electron chi connectivity index (χ2n) is 5.98. The van der Waals surface area contributed by atoms with E-state index in [0.29, 0.717) is 5.11 Å². The van der Waals surface area contributed by atoms with E-state index < -0.39 is 0 Å². The van der Waals surface area contributed by atoms with Gasteiger partial charge in [0.05, 0.1) is 5.70 Å². The SMILES string of the molecule is Cc1cc(C)c2c(c1)C(NNC(=S)Nc1ccc(F)cc1)=CCC2. The van der Waals surface area contributed by atoms with Crippen LogP contribution in [0.4, 0.5) is 10.1 Å². The van der Waals surface area contributed by atoms with Crippen molar-refractivity contribution in [3.63, 3.8) is 0 Å². The molecule has 1 aliphatic carbocycles. The van der Waals surface area contributed by atoms with Crippen molar-refractivity contribution in [3.8, 4) is 0 Å². The quantitative estimate of drug-likeness (QED) is 0.577. The second-order valence-corrected chi connectivity index (χ2v) is 6.38. The summed E-state index contributed by atoms with van der Waals surface area (Å²) in [6.07, 6.45) is 4.23. The van der Waals surface area contributed by atoms with Crippen molar-refractivity contribution in [2.75, 3.05) is 5.32 Å². The van der Waals surface area contributed by atoms with E-state index in [9.17, 15) is 4.39 Å². The number of anilines is 1. The first kappa shape index (κ1) is 16.5. The Morgan fingerprint density at radius 2 is 1.88 bits per heavy atom. The van der Waals surface area contributed by atoms with E-state index in [0.717, 1.165) is 24.2 Å². The predicted octanol–water partition coefficient (Wildman–Crippen LogP) is 4.22. The molecule has 0 bridgehead atoms. The van der Waals surface area contributed by atoms with Crippen LogP contribution >= 0.6 is 12.2 Å². The molecule has 2 aromatic carbocycles. The third kappa shape index (κ3) is 3.74. The lowest BCUT2D eigenvalue weighted by Crippen LogP contribution is -2.39. The van der Waals surface area contributed by atoms with Gasteiger partial charge in [-0.2, -0.15) is 0 Å². The fourth-order valence-corrected chi connectivity index (χ4v) is 3.15. The van der Waals surface area contributed by atoms with Crippen molar-refractivity contribution in [2.45, 2.75) is 26.7 Å². The van der Waals surface area contributed by atoms with Crippen LogP contribution in [0.2, 0.25) is 0 Å². The number of fused-ring (bicyclic) bond motifs is 1. The number of benzene rings is 2. The maximum atomic E-state index is 12.9. The Morgan fingerprint density at radius 1 is 1.12 bits per heavy atom. The second kappa shape index (κ2) is 7.01. The molecule has 5 heteroatoms. The molecule has 24 heavy (non-hydrogen) atoms. The lowest BCUT2D eigenvalue weighted by Gasteiger charge is -2.23. The molecule has 2 aromatic rings. The van der Waals surface area contributed by atoms with E-state index in [4.69, 9.17) is 12.2 Å². The average molecular weight is 341 g/mol. The van der Waals surface area contributed by atoms with Crippen molar-refractivity contribution in [3.05, 3.63) is 70.5 Å². The topological polar surface area (TPSA) is 36.1 Å². The summed E-state index contributed by atoms with van der Waals surface area (Å²) < 4.78 is 12.9. The Bertz CT molecular complexity index is 797. The van der Waals surface area contributed by atoms with Crippen LogP contribution in [0.25, 0.3) is 5.70 Å². The highest BCUT2D eigenvalue weighted by Gasteiger charge is 2.15. The first-order chi connectivity index (χ1) is 11.5. The highest BCUT2D eigenvalue weighted by atomic mass is 32.1. The number of thiocarbonyl (C=S) groups is 1. The van der Waals surface area contributed by atoms with Gasteiger partial charge < -0.3 is 5.32 Å². The molecule has 0 amide bonds. The summed E-state index contributed by atoms with van der Waals surface area (Å²) in [7, 11) is 0. The van der Waals surface area contributed by atoms with Crippen LogP contribution in [0.15, 0.2) is 42.5 Å². The molecule has 0 spiro atoms. The largest absolute Gasteiger partial charge is 0.331 e. The third-order valence-corrected chi connectivity index (χ3v) is 4.27. The summed E-state index contributed by atoms with van der Waals surface area (Å²) in [4.78, 5) is 0. The van der Waals surface area contributed by atoms with Crippen molar-refractivity contribution < 1.29 is 4.39 Å². The van der Waals surface area contributed by atoms with Crippen LogP contribution in [0, 0.1) is 19.7 Å². The summed E-state index contributed by atoms with van der Waals surface area (Å²) >= 11 is 5.28. The van der Waals surface area contributed by atoms with Gasteiger partial charge in [0.2, 0.25) is 0 Å². The molecule has 0 fully saturated rings. The van der Waals surface area contributed by atoms with Gasteiger partial charge in [-0.3, -0.25) is 10.9 Å². The number of aryl methyl sites for hydroxylation is 2. The number of hydrogen-bond acceptors (Lipinski definition) is 2. The van der Waals surface area contributed by atoms with Crippen molar-refractivity contribution >= 4 is 28.7 Å². The van der Waals surface area contributed by atoms with E-state index in [-0.39, 0.29) is 5.82 Å². The third-order valence-electron chi connectivity index (χ3n) is 4.06. The summed E-state index contributed by atoms with van der Waals surface area (Å²) in [5, 5.41) is 3.45. The summed E-state index contributed by atoms with van der Waals surface area (Å²) in [6.45, 7) is 4.26. The number of nitrogens with one attached hydrogen (secondary N) is 3. The van der Waals surface area contributed by atoms with Gasteiger partial charge in [-0.1, -0.05) is 17.7 Å². The Morgan fingerprint density at radius 3 is 2.62 bits per heavy atom. The maximum Gasteiger partial charge on any atom is 0.189 e.